The first kappa shape index (κ1) is 35.3. The van der Waals surface area contributed by atoms with Crippen molar-refractivity contribution in [1.29, 1.82) is 0 Å². The molecule has 2 aromatic carbocycles. The lowest BCUT2D eigenvalue weighted by atomic mass is 9.92. The minimum atomic E-state index is -0.369. The second-order valence-electron chi connectivity index (χ2n) is 13.2. The summed E-state index contributed by atoms with van der Waals surface area (Å²) in [5.74, 6) is 1.04. The van der Waals surface area contributed by atoms with Crippen LogP contribution in [0.4, 0.5) is 16.2 Å². The lowest BCUT2D eigenvalue weighted by molar-refractivity contribution is 0.256. The minimum absolute atomic E-state index is 0.196. The molecular weight excluding hydrogens is 610 g/mol. The van der Waals surface area contributed by atoms with Gasteiger partial charge in [0.15, 0.2) is 0 Å². The topological polar surface area (TPSA) is 100 Å². The summed E-state index contributed by atoms with van der Waals surface area (Å²) in [6.45, 7) is 11.5. The van der Waals surface area contributed by atoms with Crippen molar-refractivity contribution in [3.8, 4) is 16.9 Å². The molecule has 0 aliphatic carbocycles. The van der Waals surface area contributed by atoms with E-state index in [0.717, 1.165) is 65.4 Å². The molecule has 8 nitrogen and oxygen atoms in total. The van der Waals surface area contributed by atoms with Gasteiger partial charge in [-0.3, -0.25) is 14.7 Å². The highest BCUT2D eigenvalue weighted by Crippen LogP contribution is 2.37. The van der Waals surface area contributed by atoms with E-state index >= 15 is 0 Å². The number of hydrogen-bond donors (Lipinski definition) is 2. The normalized spacial score (nSPS) is 11.3. The number of unbranched alkanes of at least 4 members (excludes halogenated alkanes) is 5. The van der Waals surface area contributed by atoms with Crippen molar-refractivity contribution in [2.45, 2.75) is 91.6 Å². The van der Waals surface area contributed by atoms with Crippen LogP contribution in [0.2, 0.25) is 0 Å². The highest BCUT2D eigenvalue weighted by atomic mass is 16.5. The number of para-hydroxylation sites is 1. The number of fused-ring (bicyclic) bond motifs is 1. The van der Waals surface area contributed by atoms with Crippen molar-refractivity contribution in [3.63, 3.8) is 0 Å². The van der Waals surface area contributed by atoms with E-state index in [1.165, 1.54) is 6.42 Å². The first-order chi connectivity index (χ1) is 23.8. The molecule has 0 saturated carbocycles. The molecule has 8 heteroatoms. The van der Waals surface area contributed by atoms with Crippen LogP contribution in [-0.4, -0.2) is 27.5 Å². The maximum atomic E-state index is 14.6. The molecule has 3 aromatic heterocycles. The number of hydrogen-bond acceptors (Lipinski definition) is 5. The Morgan fingerprint density at radius 1 is 0.857 bits per heavy atom. The Morgan fingerprint density at radius 3 is 2.27 bits per heavy atom. The van der Waals surface area contributed by atoms with Crippen LogP contribution in [0, 0.1) is 0 Å². The monoisotopic (exact) mass is 659 g/mol. The molecule has 256 valence electrons. The number of aromatic nitrogens is 3. The van der Waals surface area contributed by atoms with Crippen molar-refractivity contribution in [2.75, 3.05) is 16.8 Å². The van der Waals surface area contributed by atoms with Crippen LogP contribution in [0.1, 0.15) is 102 Å². The highest BCUT2D eigenvalue weighted by molar-refractivity contribution is 6.09. The number of nitrogens with zero attached hydrogens (tertiary/aromatic N) is 3. The average molecular weight is 660 g/mol. The van der Waals surface area contributed by atoms with Gasteiger partial charge in [-0.1, -0.05) is 97.1 Å². The van der Waals surface area contributed by atoms with E-state index in [1.54, 1.807) is 23.5 Å². The van der Waals surface area contributed by atoms with E-state index in [9.17, 15) is 9.59 Å². The number of urea groups is 1. The molecule has 2 amide bonds. The minimum Gasteiger partial charge on any atom is -0.489 e. The number of benzene rings is 2. The highest BCUT2D eigenvalue weighted by Gasteiger charge is 2.27. The standard InChI is InChI=1S/C41H49N5O3/c1-6-7-8-9-10-11-25-46(41(48)44-37-33(28(2)3)17-13-18-34(37)29(4)5)38-36(35-19-14-22-43-39(35)45-40(38)47)31-15-12-16-32(26-31)49-27-30-20-23-42-24-21-30/h12-24,26,28-29H,6-11,25,27H2,1-5H3,(H,44,48)(H,43,45,47). The van der Waals surface area contributed by atoms with Crippen molar-refractivity contribution < 1.29 is 9.53 Å². The van der Waals surface area contributed by atoms with Crippen LogP contribution in [0.5, 0.6) is 5.75 Å². The Bertz CT molecular complexity index is 1880. The number of aromatic amines is 1. The number of H-pyrrole nitrogens is 1. The predicted molar refractivity (Wildman–Crippen MR) is 201 cm³/mol. The summed E-state index contributed by atoms with van der Waals surface area (Å²) in [4.78, 5) is 42.0. The fourth-order valence-electron chi connectivity index (χ4n) is 6.29. The number of rotatable bonds is 15. The Balaban J connectivity index is 1.61. The number of carbonyl (C=O) groups excluding carboxylic acids is 1. The maximum Gasteiger partial charge on any atom is 0.326 e. The van der Waals surface area contributed by atoms with Gasteiger partial charge in [0.1, 0.15) is 23.7 Å². The van der Waals surface area contributed by atoms with E-state index in [-0.39, 0.29) is 23.4 Å². The summed E-state index contributed by atoms with van der Waals surface area (Å²) in [5.41, 5.74) is 5.73. The van der Waals surface area contributed by atoms with Gasteiger partial charge in [-0.05, 0) is 76.9 Å². The summed E-state index contributed by atoms with van der Waals surface area (Å²) in [7, 11) is 0. The Hall–Kier alpha value is -4.98. The van der Waals surface area contributed by atoms with Crippen molar-refractivity contribution in [3.05, 3.63) is 112 Å². The first-order valence-corrected chi connectivity index (χ1v) is 17.6. The van der Waals surface area contributed by atoms with Gasteiger partial charge in [-0.15, -0.1) is 0 Å². The molecule has 0 aliphatic rings. The van der Waals surface area contributed by atoms with E-state index in [1.807, 2.05) is 48.5 Å². The van der Waals surface area contributed by atoms with Crippen LogP contribution >= 0.6 is 0 Å². The molecule has 5 rings (SSSR count). The van der Waals surface area contributed by atoms with Gasteiger partial charge in [0.2, 0.25) is 0 Å². The first-order valence-electron chi connectivity index (χ1n) is 17.6. The SMILES string of the molecule is CCCCCCCCN(C(=O)Nc1c(C(C)C)cccc1C(C)C)c1c(-c2cccc(OCc3ccncc3)c2)c2cccnc2[nH]c1=O. The number of carbonyl (C=O) groups is 1. The summed E-state index contributed by atoms with van der Waals surface area (Å²) >= 11 is 0. The van der Waals surface area contributed by atoms with E-state index in [4.69, 9.17) is 4.74 Å². The third-order valence-corrected chi connectivity index (χ3v) is 8.89. The number of amides is 2. The van der Waals surface area contributed by atoms with Gasteiger partial charge in [0, 0.05) is 41.8 Å². The molecule has 3 heterocycles. The lowest BCUT2D eigenvalue weighted by Crippen LogP contribution is -2.40. The number of ether oxygens (including phenoxy) is 1. The molecule has 0 bridgehead atoms. The van der Waals surface area contributed by atoms with Gasteiger partial charge >= 0.3 is 6.03 Å². The summed E-state index contributed by atoms with van der Waals surface area (Å²) < 4.78 is 6.18. The molecule has 0 radical (unpaired) electrons. The number of nitrogens with one attached hydrogen (secondary N) is 2. The molecule has 0 spiro atoms. The Labute approximate surface area is 290 Å². The largest absolute Gasteiger partial charge is 0.489 e. The van der Waals surface area contributed by atoms with E-state index in [2.05, 4.69) is 73.1 Å². The molecule has 0 atom stereocenters. The Kier molecular flexibility index (Phi) is 12.2. The lowest BCUT2D eigenvalue weighted by Gasteiger charge is -2.28. The van der Waals surface area contributed by atoms with Crippen LogP contribution in [0.3, 0.4) is 0 Å². The second kappa shape index (κ2) is 16.9. The van der Waals surface area contributed by atoms with Gasteiger partial charge in [-0.2, -0.15) is 0 Å². The average Bonchev–Trinajstić information content (AvgIpc) is 3.10. The summed E-state index contributed by atoms with van der Waals surface area (Å²) in [5, 5.41) is 4.04. The van der Waals surface area contributed by atoms with Gasteiger partial charge in [0.05, 0.1) is 0 Å². The van der Waals surface area contributed by atoms with Crippen molar-refractivity contribution in [1.82, 2.24) is 15.0 Å². The third-order valence-electron chi connectivity index (χ3n) is 8.89. The van der Waals surface area contributed by atoms with Gasteiger partial charge < -0.3 is 15.0 Å². The predicted octanol–water partition coefficient (Wildman–Crippen LogP) is 10.2. The molecule has 5 aromatic rings. The molecule has 2 N–H and O–H groups in total. The third kappa shape index (κ3) is 8.74. The molecular formula is C41H49N5O3. The zero-order chi connectivity index (χ0) is 34.8. The van der Waals surface area contributed by atoms with Gasteiger partial charge in [-0.25, -0.2) is 9.78 Å². The summed E-state index contributed by atoms with van der Waals surface area (Å²) in [6.07, 6.45) is 11.5. The summed E-state index contributed by atoms with van der Waals surface area (Å²) in [6, 6.07) is 21.2. The molecule has 0 saturated heterocycles. The molecule has 0 aliphatic heterocycles. The second-order valence-corrected chi connectivity index (χ2v) is 13.2. The fraction of sp³-hybridized carbons (Fsp3) is 0.366. The zero-order valence-electron chi connectivity index (χ0n) is 29.5. The zero-order valence-corrected chi connectivity index (χ0v) is 29.5. The van der Waals surface area contributed by atoms with Crippen LogP contribution in [0.25, 0.3) is 22.2 Å². The van der Waals surface area contributed by atoms with Crippen molar-refractivity contribution in [2.24, 2.45) is 0 Å². The molecule has 0 unspecified atom stereocenters. The van der Waals surface area contributed by atoms with Crippen LogP contribution < -0.4 is 20.5 Å². The van der Waals surface area contributed by atoms with Crippen LogP contribution in [0.15, 0.2) is 90.1 Å². The van der Waals surface area contributed by atoms with E-state index in [0.29, 0.717) is 35.8 Å². The molecule has 0 fully saturated rings. The fourth-order valence-corrected chi connectivity index (χ4v) is 6.29. The quantitative estimate of drug-likeness (QED) is 0.109. The number of anilines is 2. The smallest absolute Gasteiger partial charge is 0.326 e. The van der Waals surface area contributed by atoms with Gasteiger partial charge in [0.25, 0.3) is 5.56 Å². The molecule has 49 heavy (non-hydrogen) atoms. The van der Waals surface area contributed by atoms with Crippen molar-refractivity contribution >= 4 is 28.4 Å². The Morgan fingerprint density at radius 2 is 1.55 bits per heavy atom. The maximum absolute atomic E-state index is 14.6. The van der Waals surface area contributed by atoms with E-state index < -0.39 is 0 Å². The van der Waals surface area contributed by atoms with Crippen LogP contribution in [-0.2, 0) is 6.61 Å². The number of pyridine rings is 3.